The van der Waals surface area contributed by atoms with Gasteiger partial charge in [-0.15, -0.1) is 0 Å². The van der Waals surface area contributed by atoms with E-state index in [4.69, 9.17) is 23.7 Å². The van der Waals surface area contributed by atoms with Crippen molar-refractivity contribution in [2.24, 2.45) is 5.92 Å². The Morgan fingerprint density at radius 1 is 1.11 bits per heavy atom. The van der Waals surface area contributed by atoms with Gasteiger partial charge in [-0.1, -0.05) is 18.7 Å². The lowest BCUT2D eigenvalue weighted by Crippen LogP contribution is -2.54. The summed E-state index contributed by atoms with van der Waals surface area (Å²) in [4.78, 5) is 37.6. The predicted molar refractivity (Wildman–Crippen MR) is 136 cm³/mol. The molecule has 0 aromatic rings. The van der Waals surface area contributed by atoms with Gasteiger partial charge in [-0.2, -0.15) is 0 Å². The van der Waals surface area contributed by atoms with Crippen LogP contribution in [0.15, 0.2) is 35.5 Å². The standard InChI is InChI=1S/C28H42O9/c1-11-15(3)25(31)35-20(14-21(30)27(7,8)33-10)17(5)19-13-22-28(9,37-22)24(34-18(6)29)23(19)36-26(32)16(4)12-2/h11-12,19-24,30H,5,13-14H2,1-4,6-10H3/b15-11-,16-12-/t19-,20+,21+,22-,23+,24+,28-/m0/s1. The molecule has 1 aliphatic carbocycles. The minimum atomic E-state index is -1.01. The van der Waals surface area contributed by atoms with Crippen LogP contribution in [-0.2, 0) is 38.1 Å². The highest BCUT2D eigenvalue weighted by atomic mass is 16.7. The van der Waals surface area contributed by atoms with E-state index in [0.717, 1.165) is 0 Å². The fourth-order valence-electron chi connectivity index (χ4n) is 4.39. The normalized spacial score (nSPS) is 29.5. The molecule has 0 unspecified atom stereocenters. The van der Waals surface area contributed by atoms with Crippen molar-refractivity contribution in [2.45, 2.75) is 110 Å². The van der Waals surface area contributed by atoms with Gasteiger partial charge in [0.05, 0.1) is 17.8 Å². The zero-order valence-electron chi connectivity index (χ0n) is 23.5. The Balaban J connectivity index is 2.49. The van der Waals surface area contributed by atoms with Crippen molar-refractivity contribution in [1.29, 1.82) is 0 Å². The van der Waals surface area contributed by atoms with Crippen LogP contribution in [0.3, 0.4) is 0 Å². The summed E-state index contributed by atoms with van der Waals surface area (Å²) >= 11 is 0. The van der Waals surface area contributed by atoms with Crippen molar-refractivity contribution in [2.75, 3.05) is 7.11 Å². The van der Waals surface area contributed by atoms with Crippen LogP contribution in [0.5, 0.6) is 0 Å². The average molecular weight is 523 g/mol. The first kappa shape index (κ1) is 30.7. The van der Waals surface area contributed by atoms with Gasteiger partial charge in [0.15, 0.2) is 6.10 Å². The summed E-state index contributed by atoms with van der Waals surface area (Å²) in [5.74, 6) is -2.25. The van der Waals surface area contributed by atoms with E-state index in [1.54, 1.807) is 53.7 Å². The first-order chi connectivity index (χ1) is 17.1. The number of allylic oxidation sites excluding steroid dienone is 2. The molecule has 0 spiro atoms. The maximum Gasteiger partial charge on any atom is 0.333 e. The van der Waals surface area contributed by atoms with E-state index in [1.165, 1.54) is 14.0 Å². The van der Waals surface area contributed by atoms with E-state index in [1.807, 2.05) is 6.92 Å². The Morgan fingerprint density at radius 3 is 2.19 bits per heavy atom. The molecule has 9 nitrogen and oxygen atoms in total. The summed E-state index contributed by atoms with van der Waals surface area (Å²) in [6.07, 6.45) is -0.418. The highest BCUT2D eigenvalue weighted by Gasteiger charge is 2.68. The molecule has 1 N–H and O–H groups in total. The molecule has 0 bridgehead atoms. The largest absolute Gasteiger partial charge is 0.455 e. The van der Waals surface area contributed by atoms with Gasteiger partial charge in [-0.05, 0) is 60.5 Å². The fourth-order valence-corrected chi connectivity index (χ4v) is 4.39. The Kier molecular flexibility index (Phi) is 9.90. The molecule has 1 saturated carbocycles. The molecule has 1 saturated heterocycles. The Labute approximate surface area is 219 Å². The highest BCUT2D eigenvalue weighted by Crippen LogP contribution is 2.53. The maximum atomic E-state index is 12.8. The molecule has 2 fully saturated rings. The zero-order chi connectivity index (χ0) is 28.3. The second-order valence-electron chi connectivity index (χ2n) is 10.5. The lowest BCUT2D eigenvalue weighted by Gasteiger charge is -2.41. The third-order valence-corrected chi connectivity index (χ3v) is 7.66. The molecular weight excluding hydrogens is 480 g/mol. The molecule has 9 heteroatoms. The van der Waals surface area contributed by atoms with Crippen LogP contribution < -0.4 is 0 Å². The zero-order valence-corrected chi connectivity index (χ0v) is 23.5. The number of methoxy groups -OCH3 is 1. The van der Waals surface area contributed by atoms with E-state index < -0.39 is 59.4 Å². The molecule has 2 rings (SSSR count). The molecule has 7 atom stereocenters. The summed E-state index contributed by atoms with van der Waals surface area (Å²) < 4.78 is 28.7. The molecule has 0 radical (unpaired) electrons. The number of rotatable bonds is 11. The quantitative estimate of drug-likeness (QED) is 0.143. The molecule has 2 aliphatic rings. The van der Waals surface area contributed by atoms with Gasteiger partial charge in [0.1, 0.15) is 17.8 Å². The van der Waals surface area contributed by atoms with E-state index in [0.29, 0.717) is 23.1 Å². The van der Waals surface area contributed by atoms with E-state index in [-0.39, 0.29) is 12.5 Å². The molecule has 0 aromatic carbocycles. The van der Waals surface area contributed by atoms with E-state index in [2.05, 4.69) is 6.58 Å². The third kappa shape index (κ3) is 6.89. The van der Waals surface area contributed by atoms with Gasteiger partial charge in [-0.25, -0.2) is 9.59 Å². The number of aliphatic hydroxyl groups is 1. The van der Waals surface area contributed by atoms with Crippen LogP contribution in [0.4, 0.5) is 0 Å². The molecule has 1 aliphatic heterocycles. The predicted octanol–water partition coefficient (Wildman–Crippen LogP) is 3.58. The number of hydrogen-bond donors (Lipinski definition) is 1. The lowest BCUT2D eigenvalue weighted by molar-refractivity contribution is -0.176. The molecule has 208 valence electrons. The Morgan fingerprint density at radius 2 is 1.68 bits per heavy atom. The third-order valence-electron chi connectivity index (χ3n) is 7.66. The second kappa shape index (κ2) is 11.9. The number of carbonyl (C=O) groups is 3. The summed E-state index contributed by atoms with van der Waals surface area (Å²) in [6, 6.07) is 0. The topological polar surface area (TPSA) is 121 Å². The number of carbonyl (C=O) groups excluding carboxylic acids is 3. The van der Waals surface area contributed by atoms with Crippen LogP contribution >= 0.6 is 0 Å². The van der Waals surface area contributed by atoms with Crippen LogP contribution in [0.2, 0.25) is 0 Å². The number of epoxide rings is 1. The van der Waals surface area contributed by atoms with Gasteiger partial charge in [0.25, 0.3) is 0 Å². The number of hydrogen-bond acceptors (Lipinski definition) is 9. The lowest BCUT2D eigenvalue weighted by atomic mass is 9.73. The number of ether oxygens (including phenoxy) is 5. The Bertz CT molecular complexity index is 963. The second-order valence-corrected chi connectivity index (χ2v) is 10.5. The minimum absolute atomic E-state index is 0.00547. The van der Waals surface area contributed by atoms with Gasteiger partial charge < -0.3 is 28.8 Å². The first-order valence-electron chi connectivity index (χ1n) is 12.6. The van der Waals surface area contributed by atoms with E-state index >= 15 is 0 Å². The van der Waals surface area contributed by atoms with Crippen molar-refractivity contribution >= 4 is 17.9 Å². The van der Waals surface area contributed by atoms with Crippen molar-refractivity contribution in [3.8, 4) is 0 Å². The maximum absolute atomic E-state index is 12.8. The summed E-state index contributed by atoms with van der Waals surface area (Å²) in [5, 5.41) is 10.9. The molecule has 0 amide bonds. The van der Waals surface area contributed by atoms with Gasteiger partial charge in [0, 0.05) is 37.5 Å². The SMILES string of the molecule is C=C([C@@H](C[C@@H](O)C(C)(C)OC)OC(=O)/C(C)=C\C)[C@@H]1C[C@@H]2O[C@]2(C)[C@H](OC(C)=O)[C@@H]1OC(=O)/C(C)=C\C. The fraction of sp³-hybridized carbons (Fsp3) is 0.679. The molecule has 0 aromatic heterocycles. The van der Waals surface area contributed by atoms with E-state index in [9.17, 15) is 19.5 Å². The van der Waals surface area contributed by atoms with Gasteiger partial charge in [-0.3, -0.25) is 4.79 Å². The summed E-state index contributed by atoms with van der Waals surface area (Å²) in [5.41, 5.74) is -0.541. The average Bonchev–Trinajstić information content (AvgIpc) is 3.53. The minimum Gasteiger partial charge on any atom is -0.455 e. The number of fused-ring (bicyclic) bond motifs is 1. The number of aliphatic hydroxyl groups excluding tert-OH is 1. The molecule has 1 heterocycles. The first-order valence-corrected chi connectivity index (χ1v) is 12.6. The smallest absolute Gasteiger partial charge is 0.333 e. The summed E-state index contributed by atoms with van der Waals surface area (Å²) in [7, 11) is 1.48. The van der Waals surface area contributed by atoms with Gasteiger partial charge >= 0.3 is 17.9 Å². The van der Waals surface area contributed by atoms with Crippen molar-refractivity contribution in [3.63, 3.8) is 0 Å². The van der Waals surface area contributed by atoms with Gasteiger partial charge in [0.2, 0.25) is 0 Å². The van der Waals surface area contributed by atoms with Crippen LogP contribution in [-0.4, -0.2) is 71.8 Å². The molecular formula is C28H42O9. The van der Waals surface area contributed by atoms with Crippen molar-refractivity contribution < 1.29 is 43.2 Å². The van der Waals surface area contributed by atoms with Crippen molar-refractivity contribution in [1.82, 2.24) is 0 Å². The highest BCUT2D eigenvalue weighted by molar-refractivity contribution is 5.88. The number of esters is 3. The van der Waals surface area contributed by atoms with Crippen LogP contribution in [0, 0.1) is 5.92 Å². The summed E-state index contributed by atoms with van der Waals surface area (Å²) in [6.45, 7) is 17.5. The molecule has 37 heavy (non-hydrogen) atoms. The monoisotopic (exact) mass is 522 g/mol. The van der Waals surface area contributed by atoms with Crippen molar-refractivity contribution in [3.05, 3.63) is 35.5 Å². The van der Waals surface area contributed by atoms with Crippen LogP contribution in [0.25, 0.3) is 0 Å². The van der Waals surface area contributed by atoms with Crippen LogP contribution in [0.1, 0.15) is 68.2 Å². The Hall–Kier alpha value is -2.49.